The van der Waals surface area contributed by atoms with Gasteiger partial charge in [-0.15, -0.1) is 22.7 Å². The summed E-state index contributed by atoms with van der Waals surface area (Å²) in [4.78, 5) is 52.8. The number of carbonyl (C=O) groups excluding carboxylic acids is 3. The number of methoxy groups -OCH3 is 3. The maximum absolute atomic E-state index is 13.4. The van der Waals surface area contributed by atoms with Gasteiger partial charge in [0.15, 0.2) is 0 Å². The summed E-state index contributed by atoms with van der Waals surface area (Å²) in [6.07, 6.45) is 6.19. The lowest BCUT2D eigenvalue weighted by Crippen LogP contribution is -2.53. The molecule has 0 spiro atoms. The Morgan fingerprint density at radius 2 is 1.15 bits per heavy atom. The number of hydrogen-bond donors (Lipinski definition) is 0. The number of hydrogen-bond acceptors (Lipinski definition) is 11. The molecule has 0 bridgehead atoms. The first-order chi connectivity index (χ1) is 23.4. The van der Waals surface area contributed by atoms with Crippen molar-refractivity contribution in [1.29, 1.82) is 0 Å². The van der Waals surface area contributed by atoms with Crippen molar-refractivity contribution >= 4 is 50.8 Å². The third-order valence-electron chi connectivity index (χ3n) is 7.94. The average molecular weight is 694 g/mol. The van der Waals surface area contributed by atoms with Gasteiger partial charge in [0.2, 0.25) is 0 Å². The first-order valence-electron chi connectivity index (χ1n) is 15.8. The fourth-order valence-electron chi connectivity index (χ4n) is 5.67. The van der Waals surface area contributed by atoms with Crippen molar-refractivity contribution in [3.8, 4) is 0 Å². The van der Waals surface area contributed by atoms with Crippen LogP contribution >= 0.6 is 22.7 Å². The second kappa shape index (κ2) is 19.5. The molecular formula is C35H43N5O6S2. The van der Waals surface area contributed by atoms with Gasteiger partial charge in [-0.2, -0.15) is 0 Å². The summed E-state index contributed by atoms with van der Waals surface area (Å²) in [6, 6.07) is 19.4. The Balaban J connectivity index is 1.71. The molecule has 0 radical (unpaired) electrons. The number of ether oxygens (including phenoxy) is 3. The summed E-state index contributed by atoms with van der Waals surface area (Å²) in [5.74, 6) is -0.228. The van der Waals surface area contributed by atoms with Crippen LogP contribution in [-0.2, 0) is 31.8 Å². The second-order valence-electron chi connectivity index (χ2n) is 11.2. The van der Waals surface area contributed by atoms with Crippen LogP contribution in [0.2, 0.25) is 0 Å². The van der Waals surface area contributed by atoms with Crippen molar-refractivity contribution in [1.82, 2.24) is 14.9 Å². The van der Waals surface area contributed by atoms with Gasteiger partial charge in [-0.25, -0.2) is 9.59 Å². The Labute approximate surface area is 290 Å². The minimum absolute atomic E-state index is 0.228. The lowest BCUT2D eigenvalue weighted by atomic mass is 10.0. The molecule has 0 unspecified atom stereocenters. The molecule has 2 aromatic carbocycles. The number of thiazole rings is 2. The highest BCUT2D eigenvalue weighted by Crippen LogP contribution is 2.28. The SMILES string of the molecule is COC(=O)CCCCCN(C[C@H](Cc1ccccc1)N(C(=O)OC)c1cncs1)C[C@H](Cc1ccccc1)N(C(=O)OC)c1cncs1. The smallest absolute Gasteiger partial charge is 0.415 e. The molecule has 0 aliphatic rings. The molecule has 2 amide bonds. The molecule has 2 aromatic heterocycles. The monoisotopic (exact) mass is 693 g/mol. The van der Waals surface area contributed by atoms with Crippen molar-refractivity contribution in [2.24, 2.45) is 0 Å². The topological polar surface area (TPSA) is 114 Å². The normalized spacial score (nSPS) is 12.2. The Kier molecular flexibility index (Phi) is 14.8. The van der Waals surface area contributed by atoms with Gasteiger partial charge in [0.05, 0.1) is 56.8 Å². The predicted octanol–water partition coefficient (Wildman–Crippen LogP) is 6.70. The van der Waals surface area contributed by atoms with E-state index in [1.54, 1.807) is 33.2 Å². The number of benzene rings is 2. The van der Waals surface area contributed by atoms with Gasteiger partial charge in [-0.1, -0.05) is 67.1 Å². The van der Waals surface area contributed by atoms with Crippen molar-refractivity contribution < 1.29 is 28.6 Å². The highest BCUT2D eigenvalue weighted by atomic mass is 32.1. The largest absolute Gasteiger partial charge is 0.469 e. The van der Waals surface area contributed by atoms with Crippen molar-refractivity contribution in [3.63, 3.8) is 0 Å². The summed E-state index contributed by atoms with van der Waals surface area (Å²) in [5.41, 5.74) is 5.54. The van der Waals surface area contributed by atoms with E-state index < -0.39 is 12.2 Å². The van der Waals surface area contributed by atoms with Crippen LogP contribution in [0.1, 0.15) is 36.8 Å². The van der Waals surface area contributed by atoms with Crippen LogP contribution in [0.25, 0.3) is 0 Å². The number of unbranched alkanes of at least 4 members (excludes halogenated alkanes) is 2. The van der Waals surface area contributed by atoms with E-state index >= 15 is 0 Å². The number of rotatable bonds is 18. The van der Waals surface area contributed by atoms with Gasteiger partial charge < -0.3 is 14.2 Å². The Morgan fingerprint density at radius 3 is 1.54 bits per heavy atom. The third kappa shape index (κ3) is 10.9. The molecule has 2 heterocycles. The Morgan fingerprint density at radius 1 is 0.667 bits per heavy atom. The molecule has 48 heavy (non-hydrogen) atoms. The van der Waals surface area contributed by atoms with Gasteiger partial charge >= 0.3 is 18.2 Å². The Hall–Kier alpha value is -4.33. The average Bonchev–Trinajstić information content (AvgIpc) is 3.84. The standard InChI is InChI=1S/C35H43N5O6S2/c1-44-33(41)17-11-6-12-18-38(23-29(19-27-13-7-4-8-14-27)39(34(42)45-2)31-21-36-25-47-31)24-30(20-28-15-9-5-10-16-28)40(35(43)46-3)32-22-37-26-48-32/h4-5,7-10,13-16,21-22,25-26,29-30H,6,11-12,17-20,23-24H2,1-3H3/t29-,30-/m0/s1. The summed E-state index contributed by atoms with van der Waals surface area (Å²) in [6.45, 7) is 1.61. The summed E-state index contributed by atoms with van der Waals surface area (Å²) < 4.78 is 15.4. The number of aromatic nitrogens is 2. The van der Waals surface area contributed by atoms with Crippen LogP contribution in [-0.4, -0.2) is 86.1 Å². The molecule has 0 N–H and O–H groups in total. The van der Waals surface area contributed by atoms with E-state index in [4.69, 9.17) is 14.2 Å². The highest BCUT2D eigenvalue weighted by Gasteiger charge is 2.33. The number of esters is 1. The minimum atomic E-state index is -0.472. The third-order valence-corrected chi connectivity index (χ3v) is 9.48. The number of amides is 2. The van der Waals surface area contributed by atoms with Crippen LogP contribution < -0.4 is 9.80 Å². The van der Waals surface area contributed by atoms with E-state index in [1.165, 1.54) is 44.0 Å². The molecule has 0 fully saturated rings. The van der Waals surface area contributed by atoms with Gasteiger partial charge in [0.1, 0.15) is 10.0 Å². The number of nitrogens with zero attached hydrogens (tertiary/aromatic N) is 5. The van der Waals surface area contributed by atoms with Crippen LogP contribution in [0.4, 0.5) is 19.6 Å². The molecule has 11 nitrogen and oxygen atoms in total. The van der Waals surface area contributed by atoms with Crippen molar-refractivity contribution in [2.75, 3.05) is 50.8 Å². The maximum Gasteiger partial charge on any atom is 0.415 e. The molecule has 256 valence electrons. The Bertz CT molecular complexity index is 1410. The molecule has 0 saturated heterocycles. The predicted molar refractivity (Wildman–Crippen MR) is 189 cm³/mol. The van der Waals surface area contributed by atoms with Crippen molar-refractivity contribution in [2.45, 2.75) is 50.6 Å². The molecule has 0 aliphatic heterocycles. The van der Waals surface area contributed by atoms with E-state index in [9.17, 15) is 14.4 Å². The fraction of sp³-hybridized carbons (Fsp3) is 0.400. The van der Waals surface area contributed by atoms with Gasteiger partial charge in [0.25, 0.3) is 0 Å². The quantitative estimate of drug-likeness (QED) is 0.0638. The molecule has 4 rings (SSSR count). The summed E-state index contributed by atoms with van der Waals surface area (Å²) in [7, 11) is 4.17. The zero-order valence-electron chi connectivity index (χ0n) is 27.6. The zero-order chi connectivity index (χ0) is 34.1. The molecule has 13 heteroatoms. The van der Waals surface area contributed by atoms with Gasteiger partial charge in [-0.3, -0.25) is 29.5 Å². The van der Waals surface area contributed by atoms with E-state index in [0.29, 0.717) is 55.3 Å². The van der Waals surface area contributed by atoms with Crippen LogP contribution in [0, 0.1) is 0 Å². The maximum atomic E-state index is 13.4. The fourth-order valence-corrected chi connectivity index (χ4v) is 7.05. The first kappa shape index (κ1) is 36.5. The first-order valence-corrected chi connectivity index (χ1v) is 17.6. The van der Waals surface area contributed by atoms with E-state index in [1.807, 2.05) is 60.7 Å². The summed E-state index contributed by atoms with van der Waals surface area (Å²) in [5, 5.41) is 1.37. The molecule has 2 atom stereocenters. The van der Waals surface area contributed by atoms with E-state index in [0.717, 1.165) is 24.0 Å². The lowest BCUT2D eigenvalue weighted by molar-refractivity contribution is -0.140. The van der Waals surface area contributed by atoms with Gasteiger partial charge in [-0.05, 0) is 43.4 Å². The summed E-state index contributed by atoms with van der Waals surface area (Å²) >= 11 is 2.74. The van der Waals surface area contributed by atoms with Gasteiger partial charge in [0, 0.05) is 19.5 Å². The highest BCUT2D eigenvalue weighted by molar-refractivity contribution is 7.14. The van der Waals surface area contributed by atoms with Crippen LogP contribution in [0.15, 0.2) is 84.1 Å². The minimum Gasteiger partial charge on any atom is -0.469 e. The van der Waals surface area contributed by atoms with Crippen molar-refractivity contribution in [3.05, 3.63) is 95.2 Å². The molecule has 0 saturated carbocycles. The number of carbonyl (C=O) groups is 3. The molecular weight excluding hydrogens is 651 g/mol. The molecule has 0 aliphatic carbocycles. The van der Waals surface area contributed by atoms with Crippen LogP contribution in [0.3, 0.4) is 0 Å². The second-order valence-corrected chi connectivity index (χ2v) is 12.9. The van der Waals surface area contributed by atoms with Crippen LogP contribution in [0.5, 0.6) is 0 Å². The number of anilines is 2. The molecule has 4 aromatic rings. The van der Waals surface area contributed by atoms with E-state index in [2.05, 4.69) is 14.9 Å². The zero-order valence-corrected chi connectivity index (χ0v) is 29.2. The lowest BCUT2D eigenvalue weighted by Gasteiger charge is -2.38. The van der Waals surface area contributed by atoms with E-state index in [-0.39, 0.29) is 18.1 Å².